The van der Waals surface area contributed by atoms with Crippen molar-refractivity contribution in [2.75, 3.05) is 13.1 Å². The van der Waals surface area contributed by atoms with Gasteiger partial charge in [-0.1, -0.05) is 90.5 Å². The number of benzene rings is 4. The minimum atomic E-state index is 0.648. The van der Waals surface area contributed by atoms with Crippen LogP contribution in [0.4, 0.5) is 0 Å². The van der Waals surface area contributed by atoms with Crippen molar-refractivity contribution in [3.8, 4) is 11.3 Å². The molecule has 1 fully saturated rings. The van der Waals surface area contributed by atoms with Crippen LogP contribution >= 0.6 is 11.6 Å². The molecule has 0 saturated carbocycles. The molecule has 4 aromatic carbocycles. The van der Waals surface area contributed by atoms with Gasteiger partial charge in [0, 0.05) is 29.0 Å². The van der Waals surface area contributed by atoms with E-state index in [1.54, 1.807) is 5.56 Å². The smallest absolute Gasteiger partial charge is 0.0540 e. The lowest BCUT2D eigenvalue weighted by Gasteiger charge is -2.33. The van der Waals surface area contributed by atoms with Crippen molar-refractivity contribution in [3.05, 3.63) is 130 Å². The highest BCUT2D eigenvalue weighted by Crippen LogP contribution is 2.38. The second-order valence-electron chi connectivity index (χ2n) is 10.8. The van der Waals surface area contributed by atoms with Crippen LogP contribution in [0.1, 0.15) is 46.6 Å². The van der Waals surface area contributed by atoms with E-state index >= 15 is 0 Å². The van der Waals surface area contributed by atoms with Crippen molar-refractivity contribution in [1.82, 2.24) is 9.47 Å². The van der Waals surface area contributed by atoms with Gasteiger partial charge < -0.3 is 4.57 Å². The van der Waals surface area contributed by atoms with Gasteiger partial charge in [0.1, 0.15) is 0 Å². The normalized spacial score (nSPS) is 14.8. The van der Waals surface area contributed by atoms with Crippen molar-refractivity contribution in [3.63, 3.8) is 0 Å². The highest BCUT2D eigenvalue weighted by atomic mass is 35.5. The van der Waals surface area contributed by atoms with Crippen LogP contribution < -0.4 is 0 Å². The van der Waals surface area contributed by atoms with Crippen molar-refractivity contribution in [2.24, 2.45) is 0 Å². The summed E-state index contributed by atoms with van der Waals surface area (Å²) in [7, 11) is 0. The van der Waals surface area contributed by atoms with Gasteiger partial charge in [-0.05, 0) is 97.3 Å². The number of halogens is 1. The maximum Gasteiger partial charge on any atom is 0.0540 e. The lowest BCUT2D eigenvalue weighted by atomic mass is 9.84. The molecule has 6 rings (SSSR count). The van der Waals surface area contributed by atoms with Crippen LogP contribution in [0.15, 0.2) is 97.1 Å². The highest BCUT2D eigenvalue weighted by molar-refractivity contribution is 6.31. The van der Waals surface area contributed by atoms with Crippen LogP contribution in [0, 0.1) is 13.8 Å². The van der Waals surface area contributed by atoms with Gasteiger partial charge in [-0.25, -0.2) is 0 Å². The Hall–Kier alpha value is -3.33. The largest absolute Gasteiger partial charge is 0.336 e. The van der Waals surface area contributed by atoms with E-state index in [1.165, 1.54) is 57.3 Å². The topological polar surface area (TPSA) is 8.17 Å². The molecule has 0 spiro atoms. The molecule has 3 heteroatoms. The van der Waals surface area contributed by atoms with Crippen molar-refractivity contribution in [1.29, 1.82) is 0 Å². The molecule has 192 valence electrons. The number of hydrogen-bond donors (Lipinski definition) is 0. The molecular formula is C35H35ClN2. The summed E-state index contributed by atoms with van der Waals surface area (Å²) in [5.41, 5.74) is 11.0. The minimum absolute atomic E-state index is 0.648. The van der Waals surface area contributed by atoms with E-state index in [2.05, 4.69) is 114 Å². The summed E-state index contributed by atoms with van der Waals surface area (Å²) in [6.07, 6.45) is 2.41. The molecule has 38 heavy (non-hydrogen) atoms. The van der Waals surface area contributed by atoms with E-state index < -0.39 is 0 Å². The number of fused-ring (bicyclic) bond motifs is 1. The number of nitrogens with zero attached hydrogens (tertiary/aromatic N) is 2. The number of rotatable bonds is 6. The Morgan fingerprint density at radius 3 is 2.08 bits per heavy atom. The Morgan fingerprint density at radius 1 is 0.737 bits per heavy atom. The van der Waals surface area contributed by atoms with Gasteiger partial charge in [0.2, 0.25) is 0 Å². The molecule has 5 aromatic rings. The molecule has 0 radical (unpaired) electrons. The molecule has 1 aliphatic rings. The zero-order chi connectivity index (χ0) is 26.1. The summed E-state index contributed by atoms with van der Waals surface area (Å²) < 4.78 is 2.50. The number of hydrogen-bond acceptors (Lipinski definition) is 1. The first-order valence-electron chi connectivity index (χ1n) is 13.8. The van der Waals surface area contributed by atoms with Gasteiger partial charge in [-0.3, -0.25) is 4.90 Å². The number of likely N-dealkylation sites (tertiary alicyclic amines) is 1. The molecule has 0 aliphatic carbocycles. The second kappa shape index (κ2) is 10.8. The Bertz CT molecular complexity index is 1520. The van der Waals surface area contributed by atoms with E-state index in [1.807, 2.05) is 6.07 Å². The number of aromatic nitrogens is 1. The first kappa shape index (κ1) is 25.0. The Balaban J connectivity index is 1.38. The average molecular weight is 519 g/mol. The van der Waals surface area contributed by atoms with Crippen molar-refractivity contribution < 1.29 is 0 Å². The summed E-state index contributed by atoms with van der Waals surface area (Å²) in [6.45, 7) is 8.52. The fraction of sp³-hybridized carbons (Fsp3) is 0.257. The molecule has 0 amide bonds. The van der Waals surface area contributed by atoms with Crippen molar-refractivity contribution >= 4 is 22.5 Å². The quantitative estimate of drug-likeness (QED) is 0.218. The minimum Gasteiger partial charge on any atom is -0.336 e. The Labute approximate surface area is 231 Å². The van der Waals surface area contributed by atoms with Crippen LogP contribution in [0.5, 0.6) is 0 Å². The summed E-state index contributed by atoms with van der Waals surface area (Å²) in [6, 6.07) is 34.8. The number of aryl methyl sites for hydroxylation is 2. The first-order chi connectivity index (χ1) is 18.6. The fourth-order valence-corrected chi connectivity index (χ4v) is 6.66. The fourth-order valence-electron chi connectivity index (χ4n) is 6.49. The molecule has 0 N–H and O–H groups in total. The summed E-state index contributed by atoms with van der Waals surface area (Å²) in [5.74, 6) is 0.648. The van der Waals surface area contributed by atoms with Gasteiger partial charge in [0.15, 0.2) is 0 Å². The lowest BCUT2D eigenvalue weighted by molar-refractivity contribution is 0.205. The van der Waals surface area contributed by atoms with E-state index in [0.717, 1.165) is 31.2 Å². The monoisotopic (exact) mass is 518 g/mol. The Morgan fingerprint density at radius 2 is 1.39 bits per heavy atom. The molecule has 0 bridgehead atoms. The predicted molar refractivity (Wildman–Crippen MR) is 161 cm³/mol. The average Bonchev–Trinajstić information content (AvgIpc) is 3.22. The van der Waals surface area contributed by atoms with E-state index in [9.17, 15) is 0 Å². The maximum absolute atomic E-state index is 6.59. The molecule has 1 aliphatic heterocycles. The van der Waals surface area contributed by atoms with E-state index in [4.69, 9.17) is 11.6 Å². The van der Waals surface area contributed by atoms with Gasteiger partial charge in [0.05, 0.1) is 5.69 Å². The van der Waals surface area contributed by atoms with E-state index in [-0.39, 0.29) is 0 Å². The molecule has 0 atom stereocenters. The van der Waals surface area contributed by atoms with Crippen LogP contribution in [-0.2, 0) is 13.1 Å². The third kappa shape index (κ3) is 4.91. The van der Waals surface area contributed by atoms with E-state index in [0.29, 0.717) is 5.92 Å². The number of piperidine rings is 1. The van der Waals surface area contributed by atoms with Gasteiger partial charge in [0.25, 0.3) is 0 Å². The maximum atomic E-state index is 6.59. The second-order valence-corrected chi connectivity index (χ2v) is 11.2. The molecule has 0 unspecified atom stereocenters. The van der Waals surface area contributed by atoms with Gasteiger partial charge in [-0.2, -0.15) is 0 Å². The standard InChI is InChI=1S/C35H35ClN2/c1-25-10-9-11-26(2)34(25)28-18-20-37(21-19-28)24-32-31-22-30(36)16-17-33(31)38(23-27-12-5-3-6-13-27)35(32)29-14-7-4-8-15-29/h3-17,22,28H,18-21,23-24H2,1-2H3. The molecule has 2 heterocycles. The zero-order valence-electron chi connectivity index (χ0n) is 22.3. The van der Waals surface area contributed by atoms with Crippen molar-refractivity contribution in [2.45, 2.75) is 45.7 Å². The first-order valence-corrected chi connectivity index (χ1v) is 14.1. The Kier molecular flexibility index (Phi) is 7.10. The molecular weight excluding hydrogens is 484 g/mol. The molecule has 1 aromatic heterocycles. The lowest BCUT2D eigenvalue weighted by Crippen LogP contribution is -2.33. The van der Waals surface area contributed by atoms with Crippen LogP contribution in [-0.4, -0.2) is 22.6 Å². The highest BCUT2D eigenvalue weighted by Gasteiger charge is 2.26. The zero-order valence-corrected chi connectivity index (χ0v) is 23.1. The van der Waals surface area contributed by atoms with Crippen LogP contribution in [0.2, 0.25) is 5.02 Å². The van der Waals surface area contributed by atoms with Crippen LogP contribution in [0.3, 0.4) is 0 Å². The molecule has 2 nitrogen and oxygen atoms in total. The predicted octanol–water partition coefficient (Wildman–Crippen LogP) is 9.01. The summed E-state index contributed by atoms with van der Waals surface area (Å²) in [5, 5.41) is 2.06. The summed E-state index contributed by atoms with van der Waals surface area (Å²) in [4.78, 5) is 2.65. The van der Waals surface area contributed by atoms with Gasteiger partial charge in [-0.15, -0.1) is 0 Å². The third-order valence-corrected chi connectivity index (χ3v) is 8.52. The SMILES string of the molecule is Cc1cccc(C)c1C1CCN(Cc2c(-c3ccccc3)n(Cc3ccccc3)c3ccc(Cl)cc23)CC1. The third-order valence-electron chi connectivity index (χ3n) is 8.28. The molecule has 1 saturated heterocycles. The summed E-state index contributed by atoms with van der Waals surface area (Å²) >= 11 is 6.59. The van der Waals surface area contributed by atoms with Crippen LogP contribution in [0.25, 0.3) is 22.2 Å². The van der Waals surface area contributed by atoms with Gasteiger partial charge >= 0.3 is 0 Å².